The van der Waals surface area contributed by atoms with Gasteiger partial charge in [0.15, 0.2) is 0 Å². The minimum atomic E-state index is -4.45. The van der Waals surface area contributed by atoms with E-state index in [-0.39, 0.29) is 23.6 Å². The normalized spacial score (nSPS) is 25.2. The SMILES string of the molecule is OC1(c2cc(C(F)(F)F)ccc2Cl)CCOC1. The first-order valence-corrected chi connectivity index (χ1v) is 5.38. The van der Waals surface area contributed by atoms with E-state index < -0.39 is 17.3 Å². The van der Waals surface area contributed by atoms with Crippen LogP contribution in [0, 0.1) is 0 Å². The average Bonchev–Trinajstić information content (AvgIpc) is 2.65. The van der Waals surface area contributed by atoms with E-state index in [0.717, 1.165) is 18.2 Å². The molecule has 6 heteroatoms. The van der Waals surface area contributed by atoms with Gasteiger partial charge < -0.3 is 9.84 Å². The molecule has 17 heavy (non-hydrogen) atoms. The Balaban J connectivity index is 2.46. The first-order valence-electron chi connectivity index (χ1n) is 5.00. The van der Waals surface area contributed by atoms with Crippen molar-refractivity contribution >= 4 is 11.6 Å². The van der Waals surface area contributed by atoms with Crippen molar-refractivity contribution in [2.24, 2.45) is 0 Å². The molecule has 1 unspecified atom stereocenters. The maximum absolute atomic E-state index is 12.6. The van der Waals surface area contributed by atoms with E-state index in [2.05, 4.69) is 0 Å². The van der Waals surface area contributed by atoms with Crippen LogP contribution in [0.25, 0.3) is 0 Å². The Bertz CT molecular complexity index is 425. The van der Waals surface area contributed by atoms with E-state index in [1.807, 2.05) is 0 Å². The van der Waals surface area contributed by atoms with Gasteiger partial charge in [0.1, 0.15) is 5.60 Å². The molecule has 0 bridgehead atoms. The molecule has 1 aromatic carbocycles. The van der Waals surface area contributed by atoms with Crippen LogP contribution in [0.5, 0.6) is 0 Å². The second-order valence-corrected chi connectivity index (χ2v) is 4.43. The highest BCUT2D eigenvalue weighted by Crippen LogP contribution is 2.38. The van der Waals surface area contributed by atoms with E-state index in [1.165, 1.54) is 0 Å². The predicted molar refractivity (Wildman–Crippen MR) is 55.8 cm³/mol. The van der Waals surface area contributed by atoms with Gasteiger partial charge in [0.25, 0.3) is 0 Å². The van der Waals surface area contributed by atoms with Crippen LogP contribution in [-0.4, -0.2) is 18.3 Å². The van der Waals surface area contributed by atoms with Crippen LogP contribution in [-0.2, 0) is 16.5 Å². The van der Waals surface area contributed by atoms with Gasteiger partial charge >= 0.3 is 6.18 Å². The Kier molecular flexibility index (Phi) is 3.10. The maximum atomic E-state index is 12.6. The highest BCUT2D eigenvalue weighted by atomic mass is 35.5. The van der Waals surface area contributed by atoms with Gasteiger partial charge in [-0.3, -0.25) is 0 Å². The topological polar surface area (TPSA) is 29.5 Å². The average molecular weight is 267 g/mol. The number of hydrogen-bond acceptors (Lipinski definition) is 2. The summed E-state index contributed by atoms with van der Waals surface area (Å²) in [7, 11) is 0. The van der Waals surface area contributed by atoms with Crippen molar-refractivity contribution in [3.05, 3.63) is 34.3 Å². The van der Waals surface area contributed by atoms with Gasteiger partial charge in [-0.25, -0.2) is 0 Å². The molecule has 1 aliphatic heterocycles. The lowest BCUT2D eigenvalue weighted by molar-refractivity contribution is -0.137. The number of halogens is 4. The molecule has 1 saturated heterocycles. The van der Waals surface area contributed by atoms with Crippen LogP contribution in [0.1, 0.15) is 17.5 Å². The summed E-state index contributed by atoms with van der Waals surface area (Å²) in [6, 6.07) is 2.93. The predicted octanol–water partition coefficient (Wildman–Crippen LogP) is 2.97. The Morgan fingerprint density at radius 2 is 2.06 bits per heavy atom. The molecule has 0 spiro atoms. The van der Waals surface area contributed by atoms with E-state index in [4.69, 9.17) is 16.3 Å². The Hall–Kier alpha value is -0.780. The van der Waals surface area contributed by atoms with Crippen LogP contribution in [0.15, 0.2) is 18.2 Å². The molecule has 0 aromatic heterocycles. The third kappa shape index (κ3) is 2.41. The maximum Gasteiger partial charge on any atom is 0.416 e. The molecule has 0 amide bonds. The van der Waals surface area contributed by atoms with Crippen molar-refractivity contribution in [3.8, 4) is 0 Å². The summed E-state index contributed by atoms with van der Waals surface area (Å²) in [4.78, 5) is 0. The van der Waals surface area contributed by atoms with Gasteiger partial charge in [-0.05, 0) is 18.2 Å². The number of aliphatic hydroxyl groups is 1. The summed E-state index contributed by atoms with van der Waals surface area (Å²) < 4.78 is 42.7. The number of hydrogen-bond donors (Lipinski definition) is 1. The van der Waals surface area contributed by atoms with Gasteiger partial charge in [0.2, 0.25) is 0 Å². The summed E-state index contributed by atoms with van der Waals surface area (Å²) in [5.74, 6) is 0. The van der Waals surface area contributed by atoms with Gasteiger partial charge in [-0.1, -0.05) is 11.6 Å². The van der Waals surface area contributed by atoms with Crippen LogP contribution >= 0.6 is 11.6 Å². The summed E-state index contributed by atoms with van der Waals surface area (Å²) in [6.45, 7) is 0.275. The van der Waals surface area contributed by atoms with Crippen LogP contribution in [0.3, 0.4) is 0 Å². The molecule has 1 aromatic rings. The summed E-state index contributed by atoms with van der Waals surface area (Å²) >= 11 is 5.83. The van der Waals surface area contributed by atoms with E-state index in [9.17, 15) is 18.3 Å². The highest BCUT2D eigenvalue weighted by molar-refractivity contribution is 6.31. The smallest absolute Gasteiger partial charge is 0.383 e. The van der Waals surface area contributed by atoms with Crippen LogP contribution < -0.4 is 0 Å². The fourth-order valence-electron chi connectivity index (χ4n) is 1.82. The van der Waals surface area contributed by atoms with Crippen molar-refractivity contribution in [1.82, 2.24) is 0 Å². The minimum absolute atomic E-state index is 0.0337. The largest absolute Gasteiger partial charge is 0.416 e. The zero-order valence-corrected chi connectivity index (χ0v) is 9.48. The van der Waals surface area contributed by atoms with Crippen molar-refractivity contribution in [2.45, 2.75) is 18.2 Å². The molecule has 2 rings (SSSR count). The molecular weight excluding hydrogens is 257 g/mol. The monoisotopic (exact) mass is 266 g/mol. The summed E-state index contributed by atoms with van der Waals surface area (Å²) in [5, 5.41) is 10.3. The quantitative estimate of drug-likeness (QED) is 0.847. The van der Waals surface area contributed by atoms with E-state index in [0.29, 0.717) is 6.61 Å². The third-order valence-electron chi connectivity index (χ3n) is 2.80. The molecule has 0 radical (unpaired) electrons. The molecule has 2 nitrogen and oxygen atoms in total. The second-order valence-electron chi connectivity index (χ2n) is 4.03. The number of benzene rings is 1. The lowest BCUT2D eigenvalue weighted by Gasteiger charge is -2.23. The number of alkyl halides is 3. The third-order valence-corrected chi connectivity index (χ3v) is 3.13. The molecule has 1 aliphatic rings. The van der Waals surface area contributed by atoms with Crippen molar-refractivity contribution in [2.75, 3.05) is 13.2 Å². The molecule has 1 fully saturated rings. The number of rotatable bonds is 1. The lowest BCUT2D eigenvalue weighted by Crippen LogP contribution is -2.26. The van der Waals surface area contributed by atoms with Crippen molar-refractivity contribution in [1.29, 1.82) is 0 Å². The van der Waals surface area contributed by atoms with Gasteiger partial charge in [0.05, 0.1) is 12.2 Å². The minimum Gasteiger partial charge on any atom is -0.383 e. The zero-order chi connectivity index (χ0) is 12.7. The standard InChI is InChI=1S/C11H10ClF3O2/c12-9-2-1-7(11(13,14)15)5-8(9)10(16)3-4-17-6-10/h1-2,5,16H,3-4,6H2. The molecule has 1 N–H and O–H groups in total. The molecule has 94 valence electrons. The Morgan fingerprint density at radius 1 is 1.35 bits per heavy atom. The van der Waals surface area contributed by atoms with Gasteiger partial charge in [0, 0.05) is 23.6 Å². The van der Waals surface area contributed by atoms with Crippen molar-refractivity contribution < 1.29 is 23.0 Å². The highest BCUT2D eigenvalue weighted by Gasteiger charge is 2.38. The van der Waals surface area contributed by atoms with Gasteiger partial charge in [-0.15, -0.1) is 0 Å². The van der Waals surface area contributed by atoms with Crippen LogP contribution in [0.2, 0.25) is 5.02 Å². The fourth-order valence-corrected chi connectivity index (χ4v) is 2.12. The molecule has 0 saturated carbocycles. The molecular formula is C11H10ClF3O2. The first kappa shape index (κ1) is 12.7. The Morgan fingerprint density at radius 3 is 2.59 bits per heavy atom. The van der Waals surface area contributed by atoms with Crippen LogP contribution in [0.4, 0.5) is 13.2 Å². The molecule has 0 aliphatic carbocycles. The first-order chi connectivity index (χ1) is 7.83. The van der Waals surface area contributed by atoms with Crippen molar-refractivity contribution in [3.63, 3.8) is 0 Å². The van der Waals surface area contributed by atoms with E-state index in [1.54, 1.807) is 0 Å². The molecule has 1 atom stereocenters. The second kappa shape index (κ2) is 4.15. The Labute approximate surface area is 101 Å². The molecule has 1 heterocycles. The zero-order valence-electron chi connectivity index (χ0n) is 8.72. The summed E-state index contributed by atoms with van der Waals surface area (Å²) in [6.07, 6.45) is -4.21. The lowest BCUT2D eigenvalue weighted by atomic mass is 9.91. The van der Waals surface area contributed by atoms with E-state index >= 15 is 0 Å². The summed E-state index contributed by atoms with van der Waals surface area (Å²) in [5.41, 5.74) is -2.16. The fraction of sp³-hybridized carbons (Fsp3) is 0.455. The number of ether oxygens (including phenoxy) is 1. The van der Waals surface area contributed by atoms with Gasteiger partial charge in [-0.2, -0.15) is 13.2 Å².